The normalized spacial score (nSPS) is 15.9. The van der Waals surface area contributed by atoms with Crippen molar-refractivity contribution in [3.8, 4) is 5.75 Å². The molecule has 0 unspecified atom stereocenters. The number of ether oxygens (including phenoxy) is 2. The zero-order valence-corrected chi connectivity index (χ0v) is 13.8. The number of carbonyl (C=O) groups is 1. The zero-order chi connectivity index (χ0) is 16.9. The average molecular weight is 340 g/mol. The van der Waals surface area contributed by atoms with E-state index in [4.69, 9.17) is 9.47 Å². The average Bonchev–Trinajstić information content (AvgIpc) is 2.57. The fourth-order valence-corrected chi connectivity index (χ4v) is 3.75. The van der Waals surface area contributed by atoms with Gasteiger partial charge in [-0.2, -0.15) is 4.31 Å². The van der Waals surface area contributed by atoms with Gasteiger partial charge in [-0.25, -0.2) is 8.42 Å². The number of hydrogen-bond acceptors (Lipinski definition) is 5. The van der Waals surface area contributed by atoms with Gasteiger partial charge in [0.2, 0.25) is 15.9 Å². The van der Waals surface area contributed by atoms with Gasteiger partial charge in [0.1, 0.15) is 10.6 Å². The highest BCUT2D eigenvalue weighted by atomic mass is 32.2. The molecule has 0 saturated carbocycles. The molecular formula is C15H20N2O5S. The molecule has 0 bridgehead atoms. The summed E-state index contributed by atoms with van der Waals surface area (Å²) in [5, 5.41) is 2.56. The van der Waals surface area contributed by atoms with Gasteiger partial charge in [-0.3, -0.25) is 4.79 Å². The summed E-state index contributed by atoms with van der Waals surface area (Å²) in [4.78, 5) is 11.4. The van der Waals surface area contributed by atoms with Gasteiger partial charge in [-0.05, 0) is 31.2 Å². The van der Waals surface area contributed by atoms with Gasteiger partial charge in [0.05, 0.1) is 19.8 Å². The molecule has 1 aromatic carbocycles. The number of nitrogens with one attached hydrogen (secondary N) is 1. The Morgan fingerprint density at radius 1 is 1.43 bits per heavy atom. The van der Waals surface area contributed by atoms with E-state index in [0.717, 1.165) is 6.08 Å². The molecule has 0 radical (unpaired) electrons. The molecular weight excluding hydrogens is 320 g/mol. The third-order valence-corrected chi connectivity index (χ3v) is 5.20. The van der Waals surface area contributed by atoms with Crippen LogP contribution in [0.5, 0.6) is 5.75 Å². The van der Waals surface area contributed by atoms with Gasteiger partial charge in [0.25, 0.3) is 0 Å². The third-order valence-electron chi connectivity index (χ3n) is 3.28. The van der Waals surface area contributed by atoms with Crippen LogP contribution in [0, 0.1) is 0 Å². The Morgan fingerprint density at radius 2 is 2.13 bits per heavy atom. The lowest BCUT2D eigenvalue weighted by atomic mass is 10.3. The van der Waals surface area contributed by atoms with Crippen LogP contribution in [0.15, 0.2) is 35.7 Å². The van der Waals surface area contributed by atoms with E-state index < -0.39 is 15.9 Å². The molecule has 8 heteroatoms. The van der Waals surface area contributed by atoms with Crippen molar-refractivity contribution in [3.05, 3.63) is 30.9 Å². The molecule has 0 atom stereocenters. The first kappa shape index (κ1) is 17.5. The van der Waals surface area contributed by atoms with Gasteiger partial charge < -0.3 is 14.8 Å². The highest BCUT2D eigenvalue weighted by molar-refractivity contribution is 7.89. The van der Waals surface area contributed by atoms with E-state index >= 15 is 0 Å². The zero-order valence-electron chi connectivity index (χ0n) is 12.9. The number of sulfonamides is 1. The van der Waals surface area contributed by atoms with Crippen LogP contribution in [-0.2, 0) is 19.6 Å². The Hall–Kier alpha value is -1.90. The molecule has 126 valence electrons. The smallest absolute Gasteiger partial charge is 0.247 e. The number of benzene rings is 1. The van der Waals surface area contributed by atoms with Gasteiger partial charge in [-0.1, -0.05) is 6.58 Å². The molecule has 1 saturated heterocycles. The molecule has 1 amide bonds. The topological polar surface area (TPSA) is 84.9 Å². The first-order valence-corrected chi connectivity index (χ1v) is 8.71. The van der Waals surface area contributed by atoms with Gasteiger partial charge in [0.15, 0.2) is 0 Å². The number of amides is 1. The number of nitrogens with zero attached hydrogens (tertiary/aromatic N) is 1. The van der Waals surface area contributed by atoms with Crippen LogP contribution in [0.25, 0.3) is 0 Å². The van der Waals surface area contributed by atoms with Crippen molar-refractivity contribution in [2.45, 2.75) is 11.8 Å². The minimum absolute atomic E-state index is 0.0307. The molecule has 1 heterocycles. The van der Waals surface area contributed by atoms with Crippen molar-refractivity contribution >= 4 is 21.6 Å². The Bertz CT molecular complexity index is 681. The van der Waals surface area contributed by atoms with Crippen LogP contribution in [0.1, 0.15) is 6.92 Å². The standard InChI is InChI=1S/C15H20N2O5S/c1-3-15(18)16-12-5-6-13(22-4-2)14(11-12)23(19,20)17-7-9-21-10-8-17/h3,5-6,11H,1,4,7-10H2,2H3,(H,16,18). The summed E-state index contributed by atoms with van der Waals surface area (Å²) >= 11 is 0. The number of anilines is 1. The van der Waals surface area contributed by atoms with Crippen LogP contribution in [0.4, 0.5) is 5.69 Å². The summed E-state index contributed by atoms with van der Waals surface area (Å²) in [6.45, 7) is 6.78. The van der Waals surface area contributed by atoms with Crippen LogP contribution < -0.4 is 10.1 Å². The van der Waals surface area contributed by atoms with Gasteiger partial charge in [0, 0.05) is 18.8 Å². The fourth-order valence-electron chi connectivity index (χ4n) is 2.18. The highest BCUT2D eigenvalue weighted by Crippen LogP contribution is 2.30. The maximum atomic E-state index is 12.8. The molecule has 0 spiro atoms. The van der Waals surface area contributed by atoms with E-state index in [1.807, 2.05) is 0 Å². The van der Waals surface area contributed by atoms with Crippen molar-refractivity contribution in [1.29, 1.82) is 0 Å². The van der Waals surface area contributed by atoms with E-state index in [0.29, 0.717) is 25.5 Å². The summed E-state index contributed by atoms with van der Waals surface area (Å²) in [7, 11) is -3.73. The first-order valence-electron chi connectivity index (χ1n) is 7.27. The number of rotatable bonds is 6. The van der Waals surface area contributed by atoms with Gasteiger partial charge in [-0.15, -0.1) is 0 Å². The summed E-state index contributed by atoms with van der Waals surface area (Å²) in [5.74, 6) is -0.153. The molecule has 1 N–H and O–H groups in total. The Morgan fingerprint density at radius 3 is 2.74 bits per heavy atom. The maximum absolute atomic E-state index is 12.8. The molecule has 1 aromatic rings. The largest absolute Gasteiger partial charge is 0.492 e. The molecule has 2 rings (SSSR count). The van der Waals surface area contributed by atoms with Gasteiger partial charge >= 0.3 is 0 Å². The van der Waals surface area contributed by atoms with E-state index in [9.17, 15) is 13.2 Å². The summed E-state index contributed by atoms with van der Waals surface area (Å²) in [6, 6.07) is 4.53. The molecule has 0 aromatic heterocycles. The van der Waals surface area contributed by atoms with Crippen molar-refractivity contribution in [2.24, 2.45) is 0 Å². The van der Waals surface area contributed by atoms with E-state index in [-0.39, 0.29) is 23.7 Å². The van der Waals surface area contributed by atoms with Crippen molar-refractivity contribution in [2.75, 3.05) is 38.2 Å². The second-order valence-electron chi connectivity index (χ2n) is 4.80. The number of morpholine rings is 1. The second kappa shape index (κ2) is 7.58. The SMILES string of the molecule is C=CC(=O)Nc1ccc(OCC)c(S(=O)(=O)N2CCOCC2)c1. The van der Waals surface area contributed by atoms with Crippen molar-refractivity contribution in [1.82, 2.24) is 4.31 Å². The van der Waals surface area contributed by atoms with E-state index in [1.165, 1.54) is 16.4 Å². The van der Waals surface area contributed by atoms with Crippen molar-refractivity contribution < 1.29 is 22.7 Å². The predicted molar refractivity (Wildman–Crippen MR) is 86.0 cm³/mol. The fraction of sp³-hybridized carbons (Fsp3) is 0.400. The monoisotopic (exact) mass is 340 g/mol. The molecule has 23 heavy (non-hydrogen) atoms. The lowest BCUT2D eigenvalue weighted by Crippen LogP contribution is -2.40. The minimum atomic E-state index is -3.73. The lowest BCUT2D eigenvalue weighted by molar-refractivity contribution is -0.111. The molecule has 7 nitrogen and oxygen atoms in total. The van der Waals surface area contributed by atoms with Crippen LogP contribution in [0.3, 0.4) is 0 Å². The minimum Gasteiger partial charge on any atom is -0.492 e. The number of carbonyl (C=O) groups excluding carboxylic acids is 1. The number of hydrogen-bond donors (Lipinski definition) is 1. The Kier molecular flexibility index (Phi) is 5.75. The first-order chi connectivity index (χ1) is 11.0. The van der Waals surface area contributed by atoms with Crippen LogP contribution >= 0.6 is 0 Å². The summed E-state index contributed by atoms with van der Waals surface area (Å²) in [6.07, 6.45) is 1.12. The lowest BCUT2D eigenvalue weighted by Gasteiger charge is -2.27. The Labute approximate surface area is 135 Å². The highest BCUT2D eigenvalue weighted by Gasteiger charge is 2.29. The van der Waals surface area contributed by atoms with Crippen LogP contribution in [0.2, 0.25) is 0 Å². The molecule has 1 aliphatic heterocycles. The molecule has 1 fully saturated rings. The van der Waals surface area contributed by atoms with E-state index in [1.54, 1.807) is 13.0 Å². The molecule has 0 aliphatic carbocycles. The van der Waals surface area contributed by atoms with Crippen molar-refractivity contribution in [3.63, 3.8) is 0 Å². The maximum Gasteiger partial charge on any atom is 0.247 e. The summed E-state index contributed by atoms with van der Waals surface area (Å²) in [5.41, 5.74) is 0.366. The third kappa shape index (κ3) is 4.10. The molecule has 1 aliphatic rings. The Balaban J connectivity index is 2.41. The quantitative estimate of drug-likeness (QED) is 0.787. The van der Waals surface area contributed by atoms with E-state index in [2.05, 4.69) is 11.9 Å². The van der Waals surface area contributed by atoms with Crippen LogP contribution in [-0.4, -0.2) is 51.5 Å². The second-order valence-corrected chi connectivity index (χ2v) is 6.71. The predicted octanol–water partition coefficient (Wildman–Crippen LogP) is 1.23. The summed E-state index contributed by atoms with van der Waals surface area (Å²) < 4.78 is 37.7.